The summed E-state index contributed by atoms with van der Waals surface area (Å²) < 4.78 is 24.6. The fourth-order valence-corrected chi connectivity index (χ4v) is 4.70. The Morgan fingerprint density at radius 2 is 2.18 bits per heavy atom. The van der Waals surface area contributed by atoms with Gasteiger partial charge >= 0.3 is 0 Å². The second kappa shape index (κ2) is 3.25. The summed E-state index contributed by atoms with van der Waals surface area (Å²) in [6.45, 7) is 1.84. The molecule has 1 unspecified atom stereocenters. The van der Waals surface area contributed by atoms with E-state index in [1.165, 1.54) is 4.68 Å². The third-order valence-corrected chi connectivity index (χ3v) is 5.67. The highest BCUT2D eigenvalue weighted by atomic mass is 32.2. The van der Waals surface area contributed by atoms with Gasteiger partial charge in [-0.25, -0.2) is 13.1 Å². The Morgan fingerprint density at radius 3 is 2.71 bits per heavy atom. The average molecular weight is 256 g/mol. The van der Waals surface area contributed by atoms with Crippen molar-refractivity contribution in [2.24, 2.45) is 0 Å². The summed E-state index contributed by atoms with van der Waals surface area (Å²) in [4.78, 5) is 11.9. The average Bonchev–Trinajstić information content (AvgIpc) is 2.93. The van der Waals surface area contributed by atoms with Gasteiger partial charge in [0.05, 0.1) is 17.0 Å². The van der Waals surface area contributed by atoms with Gasteiger partial charge in [-0.2, -0.15) is 0 Å². The maximum atomic E-state index is 11.9. The maximum Gasteiger partial charge on any atom is 0.267 e. The molecule has 1 aliphatic heterocycles. The molecule has 94 valence electrons. The number of nitrogens with zero attached hydrogens (tertiary/aromatic N) is 1. The van der Waals surface area contributed by atoms with E-state index in [0.717, 1.165) is 18.5 Å². The molecule has 0 radical (unpaired) electrons. The van der Waals surface area contributed by atoms with Crippen molar-refractivity contribution in [2.45, 2.75) is 37.6 Å². The van der Waals surface area contributed by atoms with E-state index in [1.54, 1.807) is 6.07 Å². The van der Waals surface area contributed by atoms with Crippen LogP contribution < -0.4 is 5.56 Å². The molecule has 0 aromatic carbocycles. The molecule has 0 amide bonds. The third kappa shape index (κ3) is 1.84. The van der Waals surface area contributed by atoms with Gasteiger partial charge in [-0.15, -0.1) is 0 Å². The SMILES string of the molecule is CC1(n2[nH]c(C3CC3)cc2=O)CCS(=O)(=O)C1. The lowest BCUT2D eigenvalue weighted by Crippen LogP contribution is -2.38. The molecule has 1 aliphatic carbocycles. The van der Waals surface area contributed by atoms with Gasteiger partial charge in [0.1, 0.15) is 0 Å². The molecule has 1 aromatic heterocycles. The summed E-state index contributed by atoms with van der Waals surface area (Å²) in [5.74, 6) is 0.712. The predicted octanol–water partition coefficient (Wildman–Crippen LogP) is 0.587. The first-order valence-corrected chi connectivity index (χ1v) is 7.75. The zero-order chi connectivity index (χ0) is 12.3. The monoisotopic (exact) mass is 256 g/mol. The molecule has 2 heterocycles. The van der Waals surface area contributed by atoms with Crippen molar-refractivity contribution in [3.05, 3.63) is 22.1 Å². The molecule has 1 aromatic rings. The summed E-state index contributed by atoms with van der Waals surface area (Å²) in [5, 5.41) is 3.10. The first-order chi connectivity index (χ1) is 7.90. The summed E-state index contributed by atoms with van der Waals surface area (Å²) in [6.07, 6.45) is 2.75. The van der Waals surface area contributed by atoms with E-state index in [-0.39, 0.29) is 17.1 Å². The lowest BCUT2D eigenvalue weighted by molar-refractivity contribution is 0.318. The van der Waals surface area contributed by atoms with Gasteiger partial charge in [-0.3, -0.25) is 9.89 Å². The minimum atomic E-state index is -2.99. The molecular weight excluding hydrogens is 240 g/mol. The Morgan fingerprint density at radius 1 is 1.47 bits per heavy atom. The minimum absolute atomic E-state index is 0.0600. The van der Waals surface area contributed by atoms with E-state index in [0.29, 0.717) is 12.3 Å². The Labute approximate surface area is 99.7 Å². The second-order valence-corrected chi connectivity index (χ2v) is 7.68. The van der Waals surface area contributed by atoms with Crippen LogP contribution in [0.25, 0.3) is 0 Å². The summed E-state index contributed by atoms with van der Waals surface area (Å²) >= 11 is 0. The van der Waals surface area contributed by atoms with Crippen molar-refractivity contribution in [3.8, 4) is 0 Å². The number of H-pyrrole nitrogens is 1. The Bertz CT molecular complexity index is 609. The smallest absolute Gasteiger partial charge is 0.267 e. The Balaban J connectivity index is 2.01. The van der Waals surface area contributed by atoms with Gasteiger partial charge in [-0.05, 0) is 26.2 Å². The van der Waals surface area contributed by atoms with Gasteiger partial charge in [-0.1, -0.05) is 0 Å². The largest absolute Gasteiger partial charge is 0.299 e. The van der Waals surface area contributed by atoms with Crippen LogP contribution in [0.1, 0.15) is 37.8 Å². The number of sulfone groups is 1. The molecule has 17 heavy (non-hydrogen) atoms. The molecule has 1 saturated heterocycles. The van der Waals surface area contributed by atoms with Crippen LogP contribution in [-0.2, 0) is 15.4 Å². The van der Waals surface area contributed by atoms with E-state index >= 15 is 0 Å². The van der Waals surface area contributed by atoms with Gasteiger partial charge in [0.25, 0.3) is 5.56 Å². The number of hydrogen-bond acceptors (Lipinski definition) is 3. The molecule has 0 bridgehead atoms. The van der Waals surface area contributed by atoms with Crippen LogP contribution in [0.15, 0.2) is 10.9 Å². The Kier molecular flexibility index (Phi) is 2.12. The van der Waals surface area contributed by atoms with Gasteiger partial charge < -0.3 is 0 Å². The molecule has 2 aliphatic rings. The van der Waals surface area contributed by atoms with E-state index < -0.39 is 15.4 Å². The normalized spacial score (nSPS) is 31.8. The highest BCUT2D eigenvalue weighted by Gasteiger charge is 2.41. The quantitative estimate of drug-likeness (QED) is 0.841. The van der Waals surface area contributed by atoms with Gasteiger partial charge in [0, 0.05) is 17.7 Å². The minimum Gasteiger partial charge on any atom is -0.299 e. The van der Waals surface area contributed by atoms with Crippen LogP contribution in [-0.4, -0.2) is 29.7 Å². The fraction of sp³-hybridized carbons (Fsp3) is 0.727. The van der Waals surface area contributed by atoms with Crippen molar-refractivity contribution >= 4 is 9.84 Å². The topological polar surface area (TPSA) is 71.9 Å². The molecule has 1 saturated carbocycles. The first-order valence-electron chi connectivity index (χ1n) is 5.93. The number of nitrogens with one attached hydrogen (secondary N) is 1. The van der Waals surface area contributed by atoms with Crippen LogP contribution >= 0.6 is 0 Å². The zero-order valence-electron chi connectivity index (χ0n) is 9.77. The molecule has 2 fully saturated rings. The van der Waals surface area contributed by atoms with Crippen molar-refractivity contribution in [1.29, 1.82) is 0 Å². The molecular formula is C11H16N2O3S. The molecule has 3 rings (SSSR count). The standard InChI is InChI=1S/C11H16N2O3S/c1-11(4-5-17(15,16)7-11)13-10(14)6-9(12-13)8-2-3-8/h6,8,12H,2-5,7H2,1H3. The number of rotatable bonds is 2. The van der Waals surface area contributed by atoms with E-state index in [9.17, 15) is 13.2 Å². The summed E-state index contributed by atoms with van der Waals surface area (Å²) in [5.41, 5.74) is 0.260. The number of aromatic nitrogens is 2. The lowest BCUT2D eigenvalue weighted by Gasteiger charge is -2.22. The zero-order valence-corrected chi connectivity index (χ0v) is 10.6. The van der Waals surface area contributed by atoms with Crippen LogP contribution in [0.5, 0.6) is 0 Å². The van der Waals surface area contributed by atoms with E-state index in [4.69, 9.17) is 0 Å². The van der Waals surface area contributed by atoms with Crippen LogP contribution in [0.2, 0.25) is 0 Å². The summed E-state index contributed by atoms with van der Waals surface area (Å²) in [7, 11) is -2.99. The van der Waals surface area contributed by atoms with Crippen molar-refractivity contribution < 1.29 is 8.42 Å². The number of aromatic amines is 1. The highest BCUT2D eigenvalue weighted by Crippen LogP contribution is 2.39. The van der Waals surface area contributed by atoms with Crippen LogP contribution in [0.4, 0.5) is 0 Å². The van der Waals surface area contributed by atoms with Crippen LogP contribution in [0.3, 0.4) is 0 Å². The van der Waals surface area contributed by atoms with Crippen molar-refractivity contribution in [1.82, 2.24) is 9.78 Å². The molecule has 1 atom stereocenters. The first kappa shape index (κ1) is 11.1. The van der Waals surface area contributed by atoms with E-state index in [2.05, 4.69) is 5.10 Å². The molecule has 1 N–H and O–H groups in total. The van der Waals surface area contributed by atoms with Crippen LogP contribution in [0, 0.1) is 0 Å². The number of hydrogen-bond donors (Lipinski definition) is 1. The second-order valence-electron chi connectivity index (χ2n) is 5.50. The van der Waals surface area contributed by atoms with Gasteiger partial charge in [0.2, 0.25) is 0 Å². The van der Waals surface area contributed by atoms with Crippen molar-refractivity contribution in [3.63, 3.8) is 0 Å². The molecule has 5 nitrogen and oxygen atoms in total. The predicted molar refractivity (Wildman–Crippen MR) is 63.9 cm³/mol. The molecule has 6 heteroatoms. The van der Waals surface area contributed by atoms with Gasteiger partial charge in [0.15, 0.2) is 9.84 Å². The molecule has 0 spiro atoms. The summed E-state index contributed by atoms with van der Waals surface area (Å²) in [6, 6.07) is 1.62. The Hall–Kier alpha value is -1.04. The van der Waals surface area contributed by atoms with Crippen molar-refractivity contribution in [2.75, 3.05) is 11.5 Å². The lowest BCUT2D eigenvalue weighted by atomic mass is 10.0. The maximum absolute atomic E-state index is 11.9. The van der Waals surface area contributed by atoms with E-state index in [1.807, 2.05) is 6.92 Å². The highest BCUT2D eigenvalue weighted by molar-refractivity contribution is 7.91. The fourth-order valence-electron chi connectivity index (χ4n) is 2.59. The third-order valence-electron chi connectivity index (χ3n) is 3.78.